The molecule has 0 aromatic heterocycles. The van der Waals surface area contributed by atoms with E-state index in [1.54, 1.807) is 12.1 Å². The van der Waals surface area contributed by atoms with Gasteiger partial charge in [0, 0.05) is 0 Å². The third-order valence-corrected chi connectivity index (χ3v) is 2.35. The molecule has 0 radical (unpaired) electrons. The number of aromatic hydroxyl groups is 1. The maximum Gasteiger partial charge on any atom is 0.320 e. The smallest absolute Gasteiger partial charge is 0.320 e. The number of hydrogen-bond acceptors (Lipinski definition) is 5. The number of methoxy groups -OCH3 is 2. The Kier molecular flexibility index (Phi) is 9.11. The highest BCUT2D eigenvalue weighted by Gasteiger charge is 2.28. The maximum atomic E-state index is 11.4. The fraction of sp³-hybridized carbons (Fsp3) is 0.429. The fourth-order valence-electron chi connectivity index (χ4n) is 1.42. The first-order valence-electron chi connectivity index (χ1n) is 5.02. The van der Waals surface area contributed by atoms with Gasteiger partial charge in [0.25, 0.3) is 0 Å². The van der Waals surface area contributed by atoms with Crippen LogP contribution in [0.3, 0.4) is 0 Å². The van der Waals surface area contributed by atoms with E-state index in [1.165, 1.54) is 26.4 Å². The van der Waals surface area contributed by atoms with Crippen molar-refractivity contribution in [3.8, 4) is 5.75 Å². The Balaban J connectivity index is 0. The monoisotopic (exact) mass is 270 g/mol. The van der Waals surface area contributed by atoms with Crippen LogP contribution in [0.15, 0.2) is 24.3 Å². The summed E-state index contributed by atoms with van der Waals surface area (Å²) >= 11 is 0. The minimum absolute atomic E-state index is 0. The number of esters is 2. The van der Waals surface area contributed by atoms with Crippen molar-refractivity contribution in [2.45, 2.75) is 21.3 Å². The van der Waals surface area contributed by atoms with Crippen LogP contribution in [0.4, 0.5) is 0 Å². The summed E-state index contributed by atoms with van der Waals surface area (Å²) in [5, 5.41) is 9.12. The van der Waals surface area contributed by atoms with E-state index in [-0.39, 0.29) is 27.0 Å². The average Bonchev–Trinajstić information content (AvgIpc) is 2.36. The Labute approximate surface area is 114 Å². The summed E-state index contributed by atoms with van der Waals surface area (Å²) in [6.07, 6.45) is 0.180. The van der Waals surface area contributed by atoms with Gasteiger partial charge in [-0.05, 0) is 24.1 Å². The van der Waals surface area contributed by atoms with Crippen LogP contribution in [0, 0.1) is 5.92 Å². The topological polar surface area (TPSA) is 72.8 Å². The number of phenolic OH excluding ortho intramolecular Hbond substituents is 1. The number of benzene rings is 1. The van der Waals surface area contributed by atoms with Gasteiger partial charge in [-0.15, -0.1) is 0 Å². The highest BCUT2D eigenvalue weighted by atomic mass is 16.5. The van der Waals surface area contributed by atoms with Crippen LogP contribution in [0.1, 0.15) is 20.4 Å². The van der Waals surface area contributed by atoms with E-state index >= 15 is 0 Å². The second-order valence-electron chi connectivity index (χ2n) is 3.47. The van der Waals surface area contributed by atoms with Gasteiger partial charge >= 0.3 is 11.9 Å². The van der Waals surface area contributed by atoms with E-state index in [4.69, 9.17) is 5.11 Å². The van der Waals surface area contributed by atoms with Gasteiger partial charge in [0.15, 0.2) is 5.92 Å². The molecule has 0 atom stereocenters. The third-order valence-electron chi connectivity index (χ3n) is 2.35. The molecular weight excluding hydrogens is 248 g/mol. The first-order valence-corrected chi connectivity index (χ1v) is 5.02. The number of carbonyl (C=O) groups is 2. The van der Waals surface area contributed by atoms with Crippen molar-refractivity contribution in [3.63, 3.8) is 0 Å². The standard InChI is InChI=1S/C12H14O5.2CH4/c1-16-11(14)10(12(15)17-2)7-8-3-5-9(13)6-4-8;;/h3-6,10,13H,7H2,1-2H3;2*1H4. The molecule has 1 aromatic rings. The zero-order chi connectivity index (χ0) is 12.8. The van der Waals surface area contributed by atoms with Gasteiger partial charge in [-0.2, -0.15) is 0 Å². The van der Waals surface area contributed by atoms with Crippen molar-refractivity contribution in [3.05, 3.63) is 29.8 Å². The molecule has 0 aliphatic heterocycles. The first-order chi connectivity index (χ1) is 8.08. The minimum atomic E-state index is -0.977. The number of rotatable bonds is 4. The molecule has 0 aliphatic carbocycles. The van der Waals surface area contributed by atoms with E-state index in [2.05, 4.69) is 9.47 Å². The van der Waals surface area contributed by atoms with Gasteiger partial charge in [-0.25, -0.2) is 0 Å². The van der Waals surface area contributed by atoms with E-state index < -0.39 is 17.9 Å². The third kappa shape index (κ3) is 5.42. The van der Waals surface area contributed by atoms with Gasteiger partial charge in [-0.3, -0.25) is 9.59 Å². The molecule has 5 heteroatoms. The summed E-state index contributed by atoms with van der Waals surface area (Å²) in [5.41, 5.74) is 0.739. The largest absolute Gasteiger partial charge is 0.508 e. The molecule has 0 saturated heterocycles. The summed E-state index contributed by atoms with van der Waals surface area (Å²) in [6, 6.07) is 6.24. The molecule has 1 rings (SSSR count). The molecule has 0 bridgehead atoms. The Morgan fingerprint density at radius 2 is 1.47 bits per heavy atom. The molecule has 108 valence electrons. The molecule has 19 heavy (non-hydrogen) atoms. The molecule has 1 N–H and O–H groups in total. The van der Waals surface area contributed by atoms with Crippen LogP contribution in [0.5, 0.6) is 5.75 Å². The molecule has 1 aromatic carbocycles. The normalized spacial score (nSPS) is 9.00. The Morgan fingerprint density at radius 3 is 1.84 bits per heavy atom. The fourth-order valence-corrected chi connectivity index (χ4v) is 1.42. The highest BCUT2D eigenvalue weighted by Crippen LogP contribution is 2.15. The Hall–Kier alpha value is -2.04. The van der Waals surface area contributed by atoms with Gasteiger partial charge < -0.3 is 14.6 Å². The second-order valence-corrected chi connectivity index (χ2v) is 3.47. The number of phenols is 1. The molecular formula is C14H22O5. The molecule has 0 unspecified atom stereocenters. The lowest BCUT2D eigenvalue weighted by atomic mass is 9.99. The van der Waals surface area contributed by atoms with Crippen molar-refractivity contribution in [2.75, 3.05) is 14.2 Å². The number of hydrogen-bond donors (Lipinski definition) is 1. The van der Waals surface area contributed by atoms with Crippen molar-refractivity contribution in [1.29, 1.82) is 0 Å². The molecule has 0 fully saturated rings. The van der Waals surface area contributed by atoms with Crippen LogP contribution in [0.25, 0.3) is 0 Å². The molecule has 0 aliphatic rings. The van der Waals surface area contributed by atoms with Crippen molar-refractivity contribution >= 4 is 11.9 Å². The van der Waals surface area contributed by atoms with Gasteiger partial charge in [0.2, 0.25) is 0 Å². The lowest BCUT2D eigenvalue weighted by Gasteiger charge is -2.12. The molecule has 0 saturated carbocycles. The van der Waals surface area contributed by atoms with Crippen LogP contribution >= 0.6 is 0 Å². The minimum Gasteiger partial charge on any atom is -0.508 e. The zero-order valence-corrected chi connectivity index (χ0v) is 9.67. The van der Waals surface area contributed by atoms with Crippen LogP contribution in [-0.4, -0.2) is 31.3 Å². The van der Waals surface area contributed by atoms with Crippen molar-refractivity contribution in [1.82, 2.24) is 0 Å². The maximum absolute atomic E-state index is 11.4. The number of ether oxygens (including phenoxy) is 2. The average molecular weight is 270 g/mol. The Bertz CT molecular complexity index is 381. The summed E-state index contributed by atoms with van der Waals surface area (Å²) < 4.78 is 9.08. The lowest BCUT2D eigenvalue weighted by Crippen LogP contribution is -2.28. The Morgan fingerprint density at radius 1 is 1.05 bits per heavy atom. The van der Waals surface area contributed by atoms with Gasteiger partial charge in [-0.1, -0.05) is 27.0 Å². The number of carbonyl (C=O) groups excluding carboxylic acids is 2. The summed E-state index contributed by atoms with van der Waals surface area (Å²) in [6.45, 7) is 0. The summed E-state index contributed by atoms with van der Waals surface area (Å²) in [4.78, 5) is 22.8. The highest BCUT2D eigenvalue weighted by molar-refractivity contribution is 5.95. The molecule has 0 amide bonds. The van der Waals surface area contributed by atoms with E-state index in [0.29, 0.717) is 0 Å². The predicted molar refractivity (Wildman–Crippen MR) is 72.8 cm³/mol. The van der Waals surface area contributed by atoms with E-state index in [9.17, 15) is 9.59 Å². The molecule has 5 nitrogen and oxygen atoms in total. The van der Waals surface area contributed by atoms with Crippen LogP contribution in [-0.2, 0) is 25.5 Å². The molecule has 0 heterocycles. The van der Waals surface area contributed by atoms with Gasteiger partial charge in [0.1, 0.15) is 5.75 Å². The van der Waals surface area contributed by atoms with E-state index in [1.807, 2.05) is 0 Å². The SMILES string of the molecule is C.C.COC(=O)C(Cc1ccc(O)cc1)C(=O)OC. The van der Waals surface area contributed by atoms with Crippen LogP contribution in [0.2, 0.25) is 0 Å². The quantitative estimate of drug-likeness (QED) is 0.670. The lowest BCUT2D eigenvalue weighted by molar-refractivity contribution is -0.158. The first kappa shape index (κ1) is 19.3. The summed E-state index contributed by atoms with van der Waals surface area (Å²) in [7, 11) is 2.43. The van der Waals surface area contributed by atoms with Gasteiger partial charge in [0.05, 0.1) is 14.2 Å². The summed E-state index contributed by atoms with van der Waals surface area (Å²) in [5.74, 6) is -2.12. The molecule has 0 spiro atoms. The van der Waals surface area contributed by atoms with E-state index in [0.717, 1.165) is 5.56 Å². The second kappa shape index (κ2) is 8.97. The van der Waals surface area contributed by atoms with Crippen molar-refractivity contribution in [2.24, 2.45) is 5.92 Å². The van der Waals surface area contributed by atoms with Crippen LogP contribution < -0.4 is 0 Å². The van der Waals surface area contributed by atoms with Crippen molar-refractivity contribution < 1.29 is 24.2 Å². The zero-order valence-electron chi connectivity index (χ0n) is 9.67. The predicted octanol–water partition coefficient (Wildman–Crippen LogP) is 2.17.